The minimum absolute atomic E-state index is 0.0561. The quantitative estimate of drug-likeness (QED) is 0.521. The van der Waals surface area contributed by atoms with Crippen LogP contribution in [-0.2, 0) is 9.53 Å². The van der Waals surface area contributed by atoms with Gasteiger partial charge in [-0.25, -0.2) is 9.79 Å². The zero-order valence-electron chi connectivity index (χ0n) is 9.38. The van der Waals surface area contributed by atoms with E-state index in [0.29, 0.717) is 13.0 Å². The SMILES string of the molecule is C[C@@H]1O[C@H](CN=C=O)C[C@H](N(C)C)[C@H]1O. The third-order valence-corrected chi connectivity index (χ3v) is 2.81. The van der Waals surface area contributed by atoms with Gasteiger partial charge in [0.1, 0.15) is 0 Å². The summed E-state index contributed by atoms with van der Waals surface area (Å²) in [5, 5.41) is 9.88. The molecule has 5 nitrogen and oxygen atoms in total. The summed E-state index contributed by atoms with van der Waals surface area (Å²) in [5.74, 6) is 0. The number of nitrogens with zero attached hydrogens (tertiary/aromatic N) is 2. The topological polar surface area (TPSA) is 62.1 Å². The largest absolute Gasteiger partial charge is 0.389 e. The number of hydrogen-bond acceptors (Lipinski definition) is 5. The van der Waals surface area contributed by atoms with Crippen LogP contribution in [0.4, 0.5) is 0 Å². The highest BCUT2D eigenvalue weighted by Gasteiger charge is 2.36. The number of aliphatic hydroxyl groups is 1. The van der Waals surface area contributed by atoms with E-state index < -0.39 is 6.10 Å². The minimum atomic E-state index is -0.489. The maximum absolute atomic E-state index is 10.0. The molecule has 4 atom stereocenters. The van der Waals surface area contributed by atoms with Crippen LogP contribution < -0.4 is 0 Å². The summed E-state index contributed by atoms with van der Waals surface area (Å²) >= 11 is 0. The molecule has 0 aliphatic carbocycles. The smallest absolute Gasteiger partial charge is 0.235 e. The Morgan fingerprint density at radius 2 is 2.27 bits per heavy atom. The van der Waals surface area contributed by atoms with E-state index in [2.05, 4.69) is 4.99 Å². The number of aliphatic hydroxyl groups excluding tert-OH is 1. The van der Waals surface area contributed by atoms with E-state index in [1.54, 1.807) is 0 Å². The summed E-state index contributed by atoms with van der Waals surface area (Å²) in [5.41, 5.74) is 0. The maximum atomic E-state index is 10.0. The molecule has 1 aliphatic rings. The summed E-state index contributed by atoms with van der Waals surface area (Å²) in [4.78, 5) is 15.5. The van der Waals surface area contributed by atoms with Crippen LogP contribution in [-0.4, -0.2) is 61.1 Å². The molecule has 1 N–H and O–H groups in total. The second-order valence-corrected chi connectivity index (χ2v) is 4.15. The van der Waals surface area contributed by atoms with Crippen molar-refractivity contribution in [3.05, 3.63) is 0 Å². The molecule has 5 heteroatoms. The standard InChI is InChI=1S/C10H18N2O3/c1-7-10(14)9(12(2)3)4-8(15-7)5-11-6-13/h7-10,14H,4-5H2,1-3H3/t7-,8-,9-,10-/m0/s1. The second kappa shape index (κ2) is 5.37. The van der Waals surface area contributed by atoms with Crippen LogP contribution in [0.3, 0.4) is 0 Å². The highest BCUT2D eigenvalue weighted by atomic mass is 16.5. The minimum Gasteiger partial charge on any atom is -0.389 e. The zero-order chi connectivity index (χ0) is 11.4. The molecule has 0 bridgehead atoms. The van der Waals surface area contributed by atoms with Gasteiger partial charge in [0.05, 0.1) is 24.9 Å². The molecule has 0 unspecified atom stereocenters. The predicted molar refractivity (Wildman–Crippen MR) is 55.4 cm³/mol. The predicted octanol–water partition coefficient (Wildman–Crippen LogP) is -0.209. The van der Waals surface area contributed by atoms with Gasteiger partial charge in [0, 0.05) is 6.04 Å². The molecule has 0 radical (unpaired) electrons. The third-order valence-electron chi connectivity index (χ3n) is 2.81. The molecule has 86 valence electrons. The molecule has 0 aromatic carbocycles. The lowest BCUT2D eigenvalue weighted by atomic mass is 9.95. The fraction of sp³-hybridized carbons (Fsp3) is 0.900. The van der Waals surface area contributed by atoms with E-state index in [0.717, 1.165) is 0 Å². The van der Waals surface area contributed by atoms with Crippen molar-refractivity contribution in [2.75, 3.05) is 20.6 Å². The lowest BCUT2D eigenvalue weighted by Gasteiger charge is -2.40. The first-order valence-electron chi connectivity index (χ1n) is 5.09. The van der Waals surface area contributed by atoms with Gasteiger partial charge in [0.2, 0.25) is 6.08 Å². The average molecular weight is 214 g/mol. The average Bonchev–Trinajstić information content (AvgIpc) is 2.19. The van der Waals surface area contributed by atoms with Crippen LogP contribution in [0.2, 0.25) is 0 Å². The molecular formula is C10H18N2O3. The first-order valence-corrected chi connectivity index (χ1v) is 5.09. The molecule has 1 heterocycles. The van der Waals surface area contributed by atoms with Gasteiger partial charge in [-0.15, -0.1) is 0 Å². The van der Waals surface area contributed by atoms with Crippen molar-refractivity contribution in [3.8, 4) is 0 Å². The van der Waals surface area contributed by atoms with Crippen molar-refractivity contribution in [1.82, 2.24) is 4.90 Å². The van der Waals surface area contributed by atoms with Gasteiger partial charge in [0.25, 0.3) is 0 Å². The van der Waals surface area contributed by atoms with E-state index in [4.69, 9.17) is 4.74 Å². The number of ether oxygens (including phenoxy) is 1. The molecule has 1 fully saturated rings. The first-order chi connectivity index (χ1) is 7.06. The molecule has 0 aromatic rings. The van der Waals surface area contributed by atoms with Gasteiger partial charge in [-0.05, 0) is 27.4 Å². The number of isocyanates is 1. The number of hydrogen-bond donors (Lipinski definition) is 1. The highest BCUT2D eigenvalue weighted by molar-refractivity contribution is 5.32. The molecule has 15 heavy (non-hydrogen) atoms. The number of rotatable bonds is 3. The van der Waals surface area contributed by atoms with Crippen molar-refractivity contribution in [3.63, 3.8) is 0 Å². The van der Waals surface area contributed by atoms with Crippen LogP contribution in [0, 0.1) is 0 Å². The molecule has 1 saturated heterocycles. The summed E-state index contributed by atoms with van der Waals surface area (Å²) in [6.45, 7) is 2.16. The Kier molecular flexibility index (Phi) is 4.42. The second-order valence-electron chi connectivity index (χ2n) is 4.15. The van der Waals surface area contributed by atoms with Crippen molar-refractivity contribution < 1.29 is 14.6 Å². The molecule has 0 amide bonds. The van der Waals surface area contributed by atoms with Gasteiger partial charge in [-0.1, -0.05) is 0 Å². The summed E-state index contributed by atoms with van der Waals surface area (Å²) in [6.07, 6.45) is 1.37. The van der Waals surface area contributed by atoms with Crippen LogP contribution in [0.1, 0.15) is 13.3 Å². The zero-order valence-corrected chi connectivity index (χ0v) is 9.38. The van der Waals surface area contributed by atoms with E-state index >= 15 is 0 Å². The Hall–Kier alpha value is -0.740. The van der Waals surface area contributed by atoms with Crippen molar-refractivity contribution in [2.45, 2.75) is 37.7 Å². The van der Waals surface area contributed by atoms with Gasteiger partial charge < -0.3 is 14.7 Å². The Morgan fingerprint density at radius 1 is 1.60 bits per heavy atom. The Labute approximate surface area is 89.7 Å². The molecule has 0 spiro atoms. The lowest BCUT2D eigenvalue weighted by Crippen LogP contribution is -2.53. The van der Waals surface area contributed by atoms with Crippen molar-refractivity contribution >= 4 is 6.08 Å². The Balaban J connectivity index is 2.61. The fourth-order valence-corrected chi connectivity index (χ4v) is 1.93. The number of likely N-dealkylation sites (N-methyl/N-ethyl adjacent to an activating group) is 1. The molecule has 1 rings (SSSR count). The van der Waals surface area contributed by atoms with Gasteiger partial charge in [0.15, 0.2) is 0 Å². The van der Waals surface area contributed by atoms with Crippen molar-refractivity contribution in [2.24, 2.45) is 4.99 Å². The van der Waals surface area contributed by atoms with E-state index in [1.807, 2.05) is 25.9 Å². The fourth-order valence-electron chi connectivity index (χ4n) is 1.93. The van der Waals surface area contributed by atoms with Crippen LogP contribution in [0.5, 0.6) is 0 Å². The summed E-state index contributed by atoms with van der Waals surface area (Å²) < 4.78 is 5.53. The van der Waals surface area contributed by atoms with Crippen LogP contribution in [0.15, 0.2) is 4.99 Å². The molecule has 1 aliphatic heterocycles. The summed E-state index contributed by atoms with van der Waals surface area (Å²) in [6, 6.07) is 0.0561. The Bertz CT molecular complexity index is 251. The van der Waals surface area contributed by atoms with Crippen LogP contribution >= 0.6 is 0 Å². The first kappa shape index (κ1) is 12.3. The van der Waals surface area contributed by atoms with Crippen molar-refractivity contribution in [1.29, 1.82) is 0 Å². The maximum Gasteiger partial charge on any atom is 0.235 e. The number of aliphatic imine (C=N–C) groups is 1. The van der Waals surface area contributed by atoms with Crippen LogP contribution in [0.25, 0.3) is 0 Å². The monoisotopic (exact) mass is 214 g/mol. The van der Waals surface area contributed by atoms with Gasteiger partial charge in [-0.2, -0.15) is 0 Å². The van der Waals surface area contributed by atoms with E-state index in [-0.39, 0.29) is 18.2 Å². The molecule has 0 saturated carbocycles. The normalized spacial score (nSPS) is 36.3. The summed E-state index contributed by atoms with van der Waals surface area (Å²) in [7, 11) is 3.85. The van der Waals surface area contributed by atoms with E-state index in [1.165, 1.54) is 6.08 Å². The third kappa shape index (κ3) is 3.11. The number of carbonyl (C=O) groups excluding carboxylic acids is 1. The highest BCUT2D eigenvalue weighted by Crippen LogP contribution is 2.23. The molecule has 0 aromatic heterocycles. The van der Waals surface area contributed by atoms with E-state index in [9.17, 15) is 9.90 Å². The molecular weight excluding hydrogens is 196 g/mol. The Morgan fingerprint density at radius 3 is 2.80 bits per heavy atom. The lowest BCUT2D eigenvalue weighted by molar-refractivity contribution is -0.136. The van der Waals surface area contributed by atoms with Gasteiger partial charge in [-0.3, -0.25) is 0 Å². The van der Waals surface area contributed by atoms with Gasteiger partial charge >= 0.3 is 0 Å².